The van der Waals surface area contributed by atoms with Crippen LogP contribution in [0.15, 0.2) is 36.5 Å². The number of aromatic nitrogens is 2. The van der Waals surface area contributed by atoms with Crippen molar-refractivity contribution >= 4 is 5.69 Å². The fourth-order valence-electron chi connectivity index (χ4n) is 1.46. The summed E-state index contributed by atoms with van der Waals surface area (Å²) in [6, 6.07) is 8.42. The SMILES string of the molecule is Cc1ccn(Cc2ccc([N+](=O)[O-])cc2)n1. The minimum absolute atomic E-state index is 0.111. The summed E-state index contributed by atoms with van der Waals surface area (Å²) < 4.78 is 1.80. The summed E-state index contributed by atoms with van der Waals surface area (Å²) in [5.74, 6) is 0. The first-order valence-electron chi connectivity index (χ1n) is 4.88. The average Bonchev–Trinajstić information content (AvgIpc) is 2.65. The first-order chi connectivity index (χ1) is 7.65. The first kappa shape index (κ1) is 10.4. The van der Waals surface area contributed by atoms with Gasteiger partial charge in [-0.2, -0.15) is 5.10 Å². The van der Waals surface area contributed by atoms with E-state index in [4.69, 9.17) is 0 Å². The van der Waals surface area contributed by atoms with E-state index in [0.29, 0.717) is 6.54 Å². The molecule has 2 rings (SSSR count). The van der Waals surface area contributed by atoms with E-state index < -0.39 is 4.92 Å². The zero-order valence-electron chi connectivity index (χ0n) is 8.83. The van der Waals surface area contributed by atoms with Gasteiger partial charge in [0.25, 0.3) is 5.69 Å². The van der Waals surface area contributed by atoms with Gasteiger partial charge in [0, 0.05) is 18.3 Å². The summed E-state index contributed by atoms with van der Waals surface area (Å²) in [6.45, 7) is 2.55. The number of non-ortho nitro benzene ring substituents is 1. The van der Waals surface area contributed by atoms with Crippen LogP contribution >= 0.6 is 0 Å². The molecule has 0 atom stereocenters. The van der Waals surface area contributed by atoms with Crippen LogP contribution in [0.25, 0.3) is 0 Å². The van der Waals surface area contributed by atoms with Gasteiger partial charge in [-0.3, -0.25) is 14.8 Å². The average molecular weight is 217 g/mol. The number of hydrogen-bond acceptors (Lipinski definition) is 3. The fraction of sp³-hybridized carbons (Fsp3) is 0.182. The number of nitrogens with zero attached hydrogens (tertiary/aromatic N) is 3. The van der Waals surface area contributed by atoms with Crippen molar-refractivity contribution in [2.45, 2.75) is 13.5 Å². The van der Waals surface area contributed by atoms with Crippen molar-refractivity contribution in [3.05, 3.63) is 57.9 Å². The molecule has 0 saturated carbocycles. The number of hydrogen-bond donors (Lipinski definition) is 0. The van der Waals surface area contributed by atoms with Crippen LogP contribution in [0.1, 0.15) is 11.3 Å². The molecule has 0 aliphatic carbocycles. The Hall–Kier alpha value is -2.17. The minimum atomic E-state index is -0.401. The predicted molar refractivity (Wildman–Crippen MR) is 59.2 cm³/mol. The van der Waals surface area contributed by atoms with Crippen molar-refractivity contribution < 1.29 is 4.92 Å². The Balaban J connectivity index is 2.14. The van der Waals surface area contributed by atoms with Crippen molar-refractivity contribution in [1.82, 2.24) is 9.78 Å². The zero-order chi connectivity index (χ0) is 11.5. The summed E-state index contributed by atoms with van der Waals surface area (Å²) in [5, 5.41) is 14.7. The molecule has 1 aromatic carbocycles. The van der Waals surface area contributed by atoms with Crippen LogP contribution in [-0.2, 0) is 6.54 Å². The molecule has 0 saturated heterocycles. The maximum Gasteiger partial charge on any atom is 0.269 e. The van der Waals surface area contributed by atoms with E-state index in [0.717, 1.165) is 11.3 Å². The Kier molecular flexibility index (Phi) is 2.68. The molecule has 82 valence electrons. The standard InChI is InChI=1S/C11H11N3O2/c1-9-6-7-13(12-9)8-10-2-4-11(5-3-10)14(15)16/h2-7H,8H2,1H3. The topological polar surface area (TPSA) is 61.0 Å². The van der Waals surface area contributed by atoms with Crippen LogP contribution in [0.4, 0.5) is 5.69 Å². The lowest BCUT2D eigenvalue weighted by Gasteiger charge is -2.01. The van der Waals surface area contributed by atoms with Gasteiger partial charge in [0.2, 0.25) is 0 Å². The van der Waals surface area contributed by atoms with Gasteiger partial charge >= 0.3 is 0 Å². The van der Waals surface area contributed by atoms with E-state index in [1.165, 1.54) is 12.1 Å². The van der Waals surface area contributed by atoms with Crippen LogP contribution in [0.3, 0.4) is 0 Å². The van der Waals surface area contributed by atoms with E-state index >= 15 is 0 Å². The molecule has 0 aliphatic heterocycles. The van der Waals surface area contributed by atoms with Gasteiger partial charge in [-0.15, -0.1) is 0 Å². The molecular formula is C11H11N3O2. The molecule has 2 aromatic rings. The smallest absolute Gasteiger partial charge is 0.268 e. The molecule has 0 unspecified atom stereocenters. The van der Waals surface area contributed by atoms with Gasteiger partial charge in [0.15, 0.2) is 0 Å². The second kappa shape index (κ2) is 4.14. The van der Waals surface area contributed by atoms with Crippen LogP contribution in [-0.4, -0.2) is 14.7 Å². The molecule has 0 radical (unpaired) electrons. The van der Waals surface area contributed by atoms with E-state index in [9.17, 15) is 10.1 Å². The Morgan fingerprint density at radius 3 is 2.50 bits per heavy atom. The van der Waals surface area contributed by atoms with Crippen molar-refractivity contribution in [3.8, 4) is 0 Å². The number of nitro benzene ring substituents is 1. The van der Waals surface area contributed by atoms with Crippen molar-refractivity contribution in [2.24, 2.45) is 0 Å². The Morgan fingerprint density at radius 1 is 1.31 bits per heavy atom. The van der Waals surface area contributed by atoms with Gasteiger partial charge in [-0.1, -0.05) is 12.1 Å². The highest BCUT2D eigenvalue weighted by Gasteiger charge is 2.04. The van der Waals surface area contributed by atoms with Gasteiger partial charge in [-0.05, 0) is 18.6 Å². The van der Waals surface area contributed by atoms with Gasteiger partial charge in [-0.25, -0.2) is 0 Å². The molecule has 5 heteroatoms. The maximum atomic E-state index is 10.5. The van der Waals surface area contributed by atoms with Crippen LogP contribution in [0, 0.1) is 17.0 Å². The van der Waals surface area contributed by atoms with E-state index in [1.807, 2.05) is 19.2 Å². The van der Waals surface area contributed by atoms with Gasteiger partial charge < -0.3 is 0 Å². The molecule has 1 aromatic heterocycles. The minimum Gasteiger partial charge on any atom is -0.268 e. The van der Waals surface area contributed by atoms with Crippen LogP contribution in [0.2, 0.25) is 0 Å². The Labute approximate surface area is 92.5 Å². The summed E-state index contributed by atoms with van der Waals surface area (Å²) in [5.41, 5.74) is 2.07. The predicted octanol–water partition coefficient (Wildman–Crippen LogP) is 2.15. The zero-order valence-corrected chi connectivity index (χ0v) is 8.83. The molecule has 0 aliphatic rings. The Bertz CT molecular complexity index is 502. The highest BCUT2D eigenvalue weighted by Crippen LogP contribution is 2.12. The molecule has 5 nitrogen and oxygen atoms in total. The summed E-state index contributed by atoms with van der Waals surface area (Å²) >= 11 is 0. The highest BCUT2D eigenvalue weighted by molar-refractivity contribution is 5.32. The normalized spacial score (nSPS) is 10.3. The molecule has 0 spiro atoms. The third-order valence-electron chi connectivity index (χ3n) is 2.27. The molecule has 0 fully saturated rings. The molecule has 0 amide bonds. The molecule has 16 heavy (non-hydrogen) atoms. The second-order valence-electron chi connectivity index (χ2n) is 3.58. The number of nitro groups is 1. The summed E-state index contributed by atoms with van der Waals surface area (Å²) in [4.78, 5) is 10.1. The molecule has 0 bridgehead atoms. The fourth-order valence-corrected chi connectivity index (χ4v) is 1.46. The van der Waals surface area contributed by atoms with E-state index in [-0.39, 0.29) is 5.69 Å². The maximum absolute atomic E-state index is 10.5. The number of rotatable bonds is 3. The third-order valence-corrected chi connectivity index (χ3v) is 2.27. The second-order valence-corrected chi connectivity index (χ2v) is 3.58. The monoisotopic (exact) mass is 217 g/mol. The lowest BCUT2D eigenvalue weighted by molar-refractivity contribution is -0.384. The highest BCUT2D eigenvalue weighted by atomic mass is 16.6. The van der Waals surface area contributed by atoms with E-state index in [2.05, 4.69) is 5.10 Å². The van der Waals surface area contributed by atoms with Crippen molar-refractivity contribution in [3.63, 3.8) is 0 Å². The quantitative estimate of drug-likeness (QED) is 0.584. The lowest BCUT2D eigenvalue weighted by atomic mass is 10.2. The molecule has 1 heterocycles. The van der Waals surface area contributed by atoms with Gasteiger partial charge in [0.1, 0.15) is 0 Å². The van der Waals surface area contributed by atoms with Crippen molar-refractivity contribution in [1.29, 1.82) is 0 Å². The third kappa shape index (κ3) is 2.25. The van der Waals surface area contributed by atoms with E-state index in [1.54, 1.807) is 16.8 Å². The molecular weight excluding hydrogens is 206 g/mol. The number of aryl methyl sites for hydroxylation is 1. The first-order valence-corrected chi connectivity index (χ1v) is 4.88. The van der Waals surface area contributed by atoms with Crippen molar-refractivity contribution in [2.75, 3.05) is 0 Å². The van der Waals surface area contributed by atoms with Crippen LogP contribution in [0.5, 0.6) is 0 Å². The van der Waals surface area contributed by atoms with Gasteiger partial charge in [0.05, 0.1) is 17.2 Å². The summed E-state index contributed by atoms with van der Waals surface area (Å²) in [7, 11) is 0. The summed E-state index contributed by atoms with van der Waals surface area (Å²) in [6.07, 6.45) is 1.89. The lowest BCUT2D eigenvalue weighted by Crippen LogP contribution is -2.00. The van der Waals surface area contributed by atoms with Crippen LogP contribution < -0.4 is 0 Å². The molecule has 0 N–H and O–H groups in total. The number of benzene rings is 1. The largest absolute Gasteiger partial charge is 0.269 e. The Morgan fingerprint density at radius 2 is 2.00 bits per heavy atom.